The quantitative estimate of drug-likeness (QED) is 0.166. The number of para-hydroxylation sites is 1. The summed E-state index contributed by atoms with van der Waals surface area (Å²) in [4.78, 5) is 49.5. The number of hydrogen-bond acceptors (Lipinski definition) is 6. The Morgan fingerprint density at radius 2 is 1.44 bits per heavy atom. The second kappa shape index (κ2) is 14.0. The zero-order chi connectivity index (χ0) is 32.7. The molecular weight excluding hydrogens is 602 g/mol. The van der Waals surface area contributed by atoms with E-state index < -0.39 is 94.5 Å². The number of carbonyl (C=O) groups excluding carboxylic acids is 4. The Morgan fingerprint density at radius 1 is 0.907 bits per heavy atom. The van der Waals surface area contributed by atoms with Crippen LogP contribution in [-0.2, 0) is 31.5 Å². The van der Waals surface area contributed by atoms with Gasteiger partial charge in [0.1, 0.15) is 35.7 Å². The van der Waals surface area contributed by atoms with E-state index in [4.69, 9.17) is 4.74 Å². The van der Waals surface area contributed by atoms with E-state index in [1.165, 1.54) is 0 Å². The molecular formula is C26H23F8N3O6. The Kier molecular flexibility index (Phi) is 11.2. The first-order chi connectivity index (χ1) is 19.8. The Labute approximate surface area is 237 Å². The third-order valence-electron chi connectivity index (χ3n) is 5.52. The van der Waals surface area contributed by atoms with E-state index in [0.29, 0.717) is 0 Å². The molecule has 0 unspecified atom stereocenters. The van der Waals surface area contributed by atoms with Crippen LogP contribution < -0.4 is 20.7 Å². The molecule has 0 aromatic heterocycles. The molecule has 0 fully saturated rings. The lowest BCUT2D eigenvalue weighted by Crippen LogP contribution is -2.52. The maximum absolute atomic E-state index is 13.7. The molecule has 234 valence electrons. The minimum Gasteiger partial charge on any atom is -0.513 e. The molecule has 2 aromatic rings. The fraction of sp³-hybridized carbons (Fsp3) is 0.308. The zero-order valence-electron chi connectivity index (χ0n) is 22.0. The van der Waals surface area contributed by atoms with Crippen molar-refractivity contribution in [3.63, 3.8) is 0 Å². The van der Waals surface area contributed by atoms with Gasteiger partial charge in [0.25, 0.3) is 0 Å². The minimum absolute atomic E-state index is 0.145. The minimum atomic E-state index is -5.18. The first-order valence-electron chi connectivity index (χ1n) is 12.0. The molecule has 2 atom stereocenters. The SMILES string of the molecule is C=C(O)CC[C@H](NC(=O)[C@H](C)NC(=O)C(=O)Nc1c(F)cccc1F)C(=O)COc1cc(C(F)(F)F)cc(C(F)(F)F)c1. The van der Waals surface area contributed by atoms with Crippen molar-refractivity contribution in [1.82, 2.24) is 10.6 Å². The Hall–Kier alpha value is -4.70. The molecule has 0 saturated heterocycles. The van der Waals surface area contributed by atoms with Crippen molar-refractivity contribution >= 4 is 29.2 Å². The number of aliphatic hydroxyl groups excluding tert-OH is 1. The fourth-order valence-electron chi connectivity index (χ4n) is 3.30. The summed E-state index contributed by atoms with van der Waals surface area (Å²) in [6.07, 6.45) is -11.0. The van der Waals surface area contributed by atoms with E-state index in [9.17, 15) is 59.4 Å². The molecule has 0 radical (unpaired) electrons. The number of Topliss-reactive ketones (excluding diaryl/α,β-unsaturated/α-hetero) is 1. The number of allylic oxidation sites excluding steroid dienone is 1. The Morgan fingerprint density at radius 3 is 1.93 bits per heavy atom. The van der Waals surface area contributed by atoms with E-state index in [2.05, 4.69) is 11.9 Å². The largest absolute Gasteiger partial charge is 0.513 e. The van der Waals surface area contributed by atoms with Crippen molar-refractivity contribution in [1.29, 1.82) is 0 Å². The van der Waals surface area contributed by atoms with Crippen LogP contribution in [0.2, 0.25) is 0 Å². The normalized spacial score (nSPS) is 13.0. The van der Waals surface area contributed by atoms with E-state index in [1.54, 1.807) is 5.32 Å². The van der Waals surface area contributed by atoms with Crippen molar-refractivity contribution < 1.29 is 64.1 Å². The number of benzene rings is 2. The number of nitrogens with one attached hydrogen (secondary N) is 3. The topological polar surface area (TPSA) is 134 Å². The van der Waals surface area contributed by atoms with Gasteiger partial charge in [-0.25, -0.2) is 8.78 Å². The lowest BCUT2D eigenvalue weighted by molar-refractivity contribution is -0.143. The molecule has 2 aromatic carbocycles. The maximum atomic E-state index is 13.7. The van der Waals surface area contributed by atoms with Crippen LogP contribution in [0.15, 0.2) is 48.7 Å². The summed E-state index contributed by atoms with van der Waals surface area (Å²) in [5, 5.41) is 15.1. The predicted octanol–water partition coefficient (Wildman–Crippen LogP) is 4.43. The lowest BCUT2D eigenvalue weighted by Gasteiger charge is -2.21. The first kappa shape index (κ1) is 34.5. The van der Waals surface area contributed by atoms with Gasteiger partial charge in [0.2, 0.25) is 5.91 Å². The molecule has 0 aliphatic carbocycles. The molecule has 2 rings (SSSR count). The van der Waals surface area contributed by atoms with E-state index in [-0.39, 0.29) is 31.0 Å². The molecule has 0 aliphatic rings. The highest BCUT2D eigenvalue weighted by molar-refractivity contribution is 6.40. The van der Waals surface area contributed by atoms with Gasteiger partial charge in [0, 0.05) is 6.42 Å². The molecule has 43 heavy (non-hydrogen) atoms. The summed E-state index contributed by atoms with van der Waals surface area (Å²) in [5.41, 5.74) is -4.33. The number of amides is 3. The van der Waals surface area contributed by atoms with Crippen LogP contribution in [0, 0.1) is 11.6 Å². The zero-order valence-corrected chi connectivity index (χ0v) is 22.0. The van der Waals surface area contributed by atoms with Crippen LogP contribution in [0.4, 0.5) is 40.8 Å². The molecule has 0 saturated carbocycles. The molecule has 4 N–H and O–H groups in total. The molecule has 0 heterocycles. The van der Waals surface area contributed by atoms with Gasteiger partial charge in [-0.15, -0.1) is 0 Å². The Bertz CT molecular complexity index is 1340. The molecule has 3 amide bonds. The van der Waals surface area contributed by atoms with Crippen molar-refractivity contribution in [2.24, 2.45) is 0 Å². The summed E-state index contributed by atoms with van der Waals surface area (Å²) in [6.45, 7) is 3.12. The van der Waals surface area contributed by atoms with E-state index in [1.807, 2.05) is 5.32 Å². The Balaban J connectivity index is 2.12. The monoisotopic (exact) mass is 625 g/mol. The van der Waals surface area contributed by atoms with Gasteiger partial charge in [-0.05, 0) is 43.7 Å². The summed E-state index contributed by atoms with van der Waals surface area (Å²) >= 11 is 0. The highest BCUT2D eigenvalue weighted by atomic mass is 19.4. The van der Waals surface area contributed by atoms with Gasteiger partial charge in [0.05, 0.1) is 22.9 Å². The number of ether oxygens (including phenoxy) is 1. The highest BCUT2D eigenvalue weighted by Gasteiger charge is 2.37. The lowest BCUT2D eigenvalue weighted by atomic mass is 10.1. The summed E-state index contributed by atoms with van der Waals surface area (Å²) < 4.78 is 111. The average Bonchev–Trinajstić information content (AvgIpc) is 2.90. The average molecular weight is 625 g/mol. The van der Waals surface area contributed by atoms with Gasteiger partial charge < -0.3 is 25.8 Å². The first-order valence-corrected chi connectivity index (χ1v) is 12.0. The van der Waals surface area contributed by atoms with Gasteiger partial charge in [-0.2, -0.15) is 26.3 Å². The third kappa shape index (κ3) is 10.3. The van der Waals surface area contributed by atoms with Crippen LogP contribution in [0.5, 0.6) is 5.75 Å². The van der Waals surface area contributed by atoms with Crippen LogP contribution in [-0.4, -0.2) is 47.3 Å². The molecule has 9 nitrogen and oxygen atoms in total. The van der Waals surface area contributed by atoms with Gasteiger partial charge in [0.15, 0.2) is 5.78 Å². The van der Waals surface area contributed by atoms with Crippen LogP contribution in [0.1, 0.15) is 30.9 Å². The second-order valence-corrected chi connectivity index (χ2v) is 8.91. The van der Waals surface area contributed by atoms with Crippen molar-refractivity contribution in [3.05, 3.63) is 71.5 Å². The molecule has 0 spiro atoms. The summed E-state index contributed by atoms with van der Waals surface area (Å²) in [5.74, 6) is -9.03. The van der Waals surface area contributed by atoms with E-state index in [0.717, 1.165) is 25.1 Å². The number of rotatable bonds is 11. The summed E-state index contributed by atoms with van der Waals surface area (Å²) in [6, 6.07) is -0.189. The number of carbonyl (C=O) groups is 4. The maximum Gasteiger partial charge on any atom is 0.416 e. The number of halogens is 8. The highest BCUT2D eigenvalue weighted by Crippen LogP contribution is 2.38. The van der Waals surface area contributed by atoms with Crippen molar-refractivity contribution in [2.45, 2.75) is 44.2 Å². The molecule has 17 heteroatoms. The smallest absolute Gasteiger partial charge is 0.416 e. The van der Waals surface area contributed by atoms with E-state index >= 15 is 0 Å². The van der Waals surface area contributed by atoms with Crippen LogP contribution in [0.25, 0.3) is 0 Å². The van der Waals surface area contributed by atoms with Crippen LogP contribution >= 0.6 is 0 Å². The van der Waals surface area contributed by atoms with Gasteiger partial charge in [-0.3, -0.25) is 19.2 Å². The van der Waals surface area contributed by atoms with Crippen molar-refractivity contribution in [3.8, 4) is 5.75 Å². The van der Waals surface area contributed by atoms with Crippen molar-refractivity contribution in [2.75, 3.05) is 11.9 Å². The van der Waals surface area contributed by atoms with Gasteiger partial charge >= 0.3 is 24.2 Å². The van der Waals surface area contributed by atoms with Gasteiger partial charge in [-0.1, -0.05) is 12.6 Å². The fourth-order valence-corrected chi connectivity index (χ4v) is 3.30. The summed E-state index contributed by atoms with van der Waals surface area (Å²) in [7, 11) is 0. The number of aliphatic hydroxyl groups is 1. The number of hydrogen-bond donors (Lipinski definition) is 4. The number of alkyl halides is 6. The van der Waals surface area contributed by atoms with Crippen LogP contribution in [0.3, 0.4) is 0 Å². The second-order valence-electron chi connectivity index (χ2n) is 8.91. The number of anilines is 1. The molecule has 0 aliphatic heterocycles. The standard InChI is InChI=1S/C26H23F8N3O6/c1-12(38)6-7-19(20(39)11-43-16-9-14(25(29,30)31)8-15(10-16)26(32,33)34)36-22(40)13(2)35-23(41)24(42)37-21-17(27)4-3-5-18(21)28/h3-5,8-10,13,19,38H,1,6-7,11H2,2H3,(H,35,41)(H,36,40)(H,37,42)/t13-,19-/m0/s1. The predicted molar refractivity (Wildman–Crippen MR) is 132 cm³/mol. The number of ketones is 1. The molecule has 0 bridgehead atoms. The third-order valence-corrected chi connectivity index (χ3v) is 5.52.